The summed E-state index contributed by atoms with van der Waals surface area (Å²) in [6.45, 7) is 4.49. The van der Waals surface area contributed by atoms with Crippen LogP contribution in [0.15, 0.2) is 24.4 Å². The Morgan fingerprint density at radius 3 is 2.79 bits per heavy atom. The van der Waals surface area contributed by atoms with Gasteiger partial charge in [0.1, 0.15) is 0 Å². The van der Waals surface area contributed by atoms with Crippen molar-refractivity contribution in [3.8, 4) is 0 Å². The first-order chi connectivity index (χ1) is 11.7. The lowest BCUT2D eigenvalue weighted by atomic mass is 9.93. The molecule has 1 amide bonds. The molecule has 2 saturated carbocycles. The summed E-state index contributed by atoms with van der Waals surface area (Å²) >= 11 is 0. The van der Waals surface area contributed by atoms with E-state index in [1.165, 1.54) is 25.8 Å². The van der Waals surface area contributed by atoms with E-state index in [0.717, 1.165) is 43.8 Å². The van der Waals surface area contributed by atoms with E-state index in [4.69, 9.17) is 0 Å². The number of likely N-dealkylation sites (tertiary alicyclic amines) is 1. The minimum atomic E-state index is -0.179. The number of nitrogens with zero attached hydrogens (tertiary/aromatic N) is 2. The molecule has 1 aromatic rings. The lowest BCUT2D eigenvalue weighted by molar-refractivity contribution is -0.128. The number of rotatable bonds is 4. The van der Waals surface area contributed by atoms with Gasteiger partial charge in [-0.15, -0.1) is 0 Å². The second kappa shape index (κ2) is 6.47. The smallest absolute Gasteiger partial charge is 0.225 e. The molecule has 0 aromatic carbocycles. The van der Waals surface area contributed by atoms with Gasteiger partial charge in [-0.1, -0.05) is 19.4 Å². The lowest BCUT2D eigenvalue weighted by Gasteiger charge is -2.38. The van der Waals surface area contributed by atoms with Crippen LogP contribution in [0.3, 0.4) is 0 Å². The highest BCUT2D eigenvalue weighted by Crippen LogP contribution is 2.45. The molecule has 1 aromatic heterocycles. The summed E-state index contributed by atoms with van der Waals surface area (Å²) in [4.78, 5) is 20.0. The molecule has 3 fully saturated rings. The zero-order valence-corrected chi connectivity index (χ0v) is 14.7. The lowest BCUT2D eigenvalue weighted by Crippen LogP contribution is -2.49. The van der Waals surface area contributed by atoms with Gasteiger partial charge < -0.3 is 5.32 Å². The molecule has 0 bridgehead atoms. The molecule has 130 valence electrons. The molecule has 3 atom stereocenters. The maximum absolute atomic E-state index is 12.9. The molecule has 24 heavy (non-hydrogen) atoms. The van der Waals surface area contributed by atoms with Crippen LogP contribution in [0.1, 0.15) is 57.6 Å². The summed E-state index contributed by atoms with van der Waals surface area (Å²) in [5.41, 5.74) is 0.844. The van der Waals surface area contributed by atoms with Gasteiger partial charge in [-0.2, -0.15) is 0 Å². The normalized spacial score (nSPS) is 32.5. The summed E-state index contributed by atoms with van der Waals surface area (Å²) in [7, 11) is 0. The van der Waals surface area contributed by atoms with Crippen LogP contribution in [0.4, 0.5) is 0 Å². The molecule has 2 heterocycles. The summed E-state index contributed by atoms with van der Waals surface area (Å²) in [5, 5.41) is 3.35. The molecular weight excluding hydrogens is 298 g/mol. The number of hydrogen-bond donors (Lipinski definition) is 1. The van der Waals surface area contributed by atoms with Crippen molar-refractivity contribution in [1.29, 1.82) is 0 Å². The molecule has 1 aliphatic heterocycles. The van der Waals surface area contributed by atoms with Crippen molar-refractivity contribution in [3.05, 3.63) is 30.1 Å². The maximum Gasteiger partial charge on any atom is 0.225 e. The molecule has 4 nitrogen and oxygen atoms in total. The van der Waals surface area contributed by atoms with Crippen LogP contribution in [-0.4, -0.2) is 34.9 Å². The quantitative estimate of drug-likeness (QED) is 0.924. The van der Waals surface area contributed by atoms with Gasteiger partial charge in [0.25, 0.3) is 0 Å². The number of piperidine rings is 1. The van der Waals surface area contributed by atoms with Crippen molar-refractivity contribution in [2.24, 2.45) is 11.8 Å². The fourth-order valence-electron chi connectivity index (χ4n) is 4.74. The summed E-state index contributed by atoms with van der Waals surface area (Å²) in [5.74, 6) is 1.18. The largest absolute Gasteiger partial charge is 0.345 e. The SMILES string of the molecule is CC1CCCC1N1CCCC(C(=O)NC2(c3ccccn3)CC2)C1. The van der Waals surface area contributed by atoms with Crippen LogP contribution in [0.2, 0.25) is 0 Å². The topological polar surface area (TPSA) is 45.2 Å². The van der Waals surface area contributed by atoms with E-state index in [2.05, 4.69) is 22.1 Å². The first-order valence-corrected chi connectivity index (χ1v) is 9.65. The van der Waals surface area contributed by atoms with Crippen LogP contribution >= 0.6 is 0 Å². The highest BCUT2D eigenvalue weighted by Gasteiger charge is 2.48. The third-order valence-electron chi connectivity index (χ3n) is 6.38. The van der Waals surface area contributed by atoms with E-state index in [1.807, 2.05) is 24.4 Å². The molecular formula is C20H29N3O. The van der Waals surface area contributed by atoms with Crippen LogP contribution in [0.25, 0.3) is 0 Å². The first-order valence-electron chi connectivity index (χ1n) is 9.65. The van der Waals surface area contributed by atoms with Crippen molar-refractivity contribution >= 4 is 5.91 Å². The number of aromatic nitrogens is 1. The summed E-state index contributed by atoms with van der Waals surface area (Å²) < 4.78 is 0. The molecule has 3 unspecified atom stereocenters. The average Bonchev–Trinajstić information content (AvgIpc) is 3.28. The first kappa shape index (κ1) is 16.1. The van der Waals surface area contributed by atoms with Gasteiger partial charge in [0.2, 0.25) is 5.91 Å². The second-order valence-electron chi connectivity index (χ2n) is 8.10. The maximum atomic E-state index is 12.9. The summed E-state index contributed by atoms with van der Waals surface area (Å²) in [6, 6.07) is 6.69. The number of pyridine rings is 1. The average molecular weight is 327 g/mol. The highest BCUT2D eigenvalue weighted by molar-refractivity contribution is 5.80. The molecule has 0 radical (unpaired) electrons. The Morgan fingerprint density at radius 2 is 2.12 bits per heavy atom. The van der Waals surface area contributed by atoms with E-state index < -0.39 is 0 Å². The predicted molar refractivity (Wildman–Crippen MR) is 94.4 cm³/mol. The number of hydrogen-bond acceptors (Lipinski definition) is 3. The molecule has 1 N–H and O–H groups in total. The minimum Gasteiger partial charge on any atom is -0.345 e. The molecule has 2 aliphatic carbocycles. The minimum absolute atomic E-state index is 0.146. The molecule has 4 rings (SSSR count). The Labute approximate surface area is 145 Å². The third-order valence-corrected chi connectivity index (χ3v) is 6.38. The molecule has 1 saturated heterocycles. The molecule has 3 aliphatic rings. The van der Waals surface area contributed by atoms with Crippen LogP contribution in [0, 0.1) is 11.8 Å². The Bertz CT molecular complexity index is 584. The Hall–Kier alpha value is -1.42. The Morgan fingerprint density at radius 1 is 1.25 bits per heavy atom. The van der Waals surface area contributed by atoms with Gasteiger partial charge in [0.15, 0.2) is 0 Å². The fourth-order valence-corrected chi connectivity index (χ4v) is 4.74. The van der Waals surface area contributed by atoms with E-state index in [-0.39, 0.29) is 17.4 Å². The second-order valence-corrected chi connectivity index (χ2v) is 8.10. The van der Waals surface area contributed by atoms with Crippen molar-refractivity contribution in [2.45, 2.75) is 63.5 Å². The fraction of sp³-hybridized carbons (Fsp3) is 0.700. The summed E-state index contributed by atoms with van der Waals surface area (Å²) in [6.07, 6.45) is 10.1. The van der Waals surface area contributed by atoms with E-state index >= 15 is 0 Å². The van der Waals surface area contributed by atoms with Crippen molar-refractivity contribution in [1.82, 2.24) is 15.2 Å². The van der Waals surface area contributed by atoms with Crippen LogP contribution < -0.4 is 5.32 Å². The van der Waals surface area contributed by atoms with Crippen molar-refractivity contribution in [3.63, 3.8) is 0 Å². The number of carbonyl (C=O) groups is 1. The third kappa shape index (κ3) is 3.08. The van der Waals surface area contributed by atoms with Crippen LogP contribution in [0.5, 0.6) is 0 Å². The van der Waals surface area contributed by atoms with E-state index in [0.29, 0.717) is 6.04 Å². The highest BCUT2D eigenvalue weighted by atomic mass is 16.2. The van der Waals surface area contributed by atoms with Gasteiger partial charge in [-0.3, -0.25) is 14.7 Å². The standard InChI is InChI=1S/C20H29N3O/c1-15-6-4-8-17(15)23-13-5-7-16(14-23)19(24)22-20(10-11-20)18-9-2-3-12-21-18/h2-3,9,12,15-17H,4-8,10-11,13-14H2,1H3,(H,22,24). The van der Waals surface area contributed by atoms with Gasteiger partial charge in [-0.25, -0.2) is 0 Å². The molecule has 0 spiro atoms. The van der Waals surface area contributed by atoms with Crippen LogP contribution in [-0.2, 0) is 10.3 Å². The van der Waals surface area contributed by atoms with E-state index in [9.17, 15) is 4.79 Å². The van der Waals surface area contributed by atoms with Crippen molar-refractivity contribution < 1.29 is 4.79 Å². The Balaban J connectivity index is 1.39. The van der Waals surface area contributed by atoms with E-state index in [1.54, 1.807) is 0 Å². The van der Waals surface area contributed by atoms with Gasteiger partial charge in [0, 0.05) is 18.8 Å². The molecule has 4 heteroatoms. The zero-order valence-electron chi connectivity index (χ0n) is 14.7. The number of amides is 1. The number of nitrogens with one attached hydrogen (secondary N) is 1. The predicted octanol–water partition coefficient (Wildman–Crippen LogP) is 3.09. The van der Waals surface area contributed by atoms with Gasteiger partial charge >= 0.3 is 0 Å². The number of carbonyl (C=O) groups excluding carboxylic acids is 1. The van der Waals surface area contributed by atoms with Gasteiger partial charge in [-0.05, 0) is 63.1 Å². The van der Waals surface area contributed by atoms with Crippen molar-refractivity contribution in [2.75, 3.05) is 13.1 Å². The Kier molecular flexibility index (Phi) is 4.33. The monoisotopic (exact) mass is 327 g/mol. The van der Waals surface area contributed by atoms with Gasteiger partial charge in [0.05, 0.1) is 17.2 Å². The zero-order chi connectivity index (χ0) is 16.6.